The average molecular weight is 233 g/mol. The first-order valence-corrected chi connectivity index (χ1v) is 6.34. The zero-order chi connectivity index (χ0) is 11.4. The van der Waals surface area contributed by atoms with Crippen LogP contribution in [0.15, 0.2) is 48.7 Å². The molecular weight excluding hydrogens is 221 g/mol. The van der Waals surface area contributed by atoms with Crippen LogP contribution in [0.2, 0.25) is 0 Å². The Balaban J connectivity index is 2.20. The molecule has 0 saturated heterocycles. The zero-order valence-corrected chi connectivity index (χ0v) is 9.51. The molecule has 4 heteroatoms. The van der Waals surface area contributed by atoms with E-state index in [4.69, 9.17) is 9.79 Å². The second kappa shape index (κ2) is 5.17. The maximum atomic E-state index is 8.87. The molecule has 2 rings (SSSR count). The number of hydrogen-bond acceptors (Lipinski definition) is 3. The minimum absolute atomic E-state index is 0.227. The van der Waals surface area contributed by atoms with Crippen molar-refractivity contribution in [3.05, 3.63) is 54.4 Å². The fourth-order valence-corrected chi connectivity index (χ4v) is 1.94. The predicted octanol–water partition coefficient (Wildman–Crippen LogP) is 2.55. The fourth-order valence-electron chi connectivity index (χ4n) is 1.46. The Morgan fingerprint density at radius 2 is 1.69 bits per heavy atom. The Kier molecular flexibility index (Phi) is 3.62. The van der Waals surface area contributed by atoms with Crippen molar-refractivity contribution in [1.82, 2.24) is 4.98 Å². The highest BCUT2D eigenvalue weighted by Crippen LogP contribution is 2.28. The molecule has 3 nitrogen and oxygen atoms in total. The molecule has 2 N–H and O–H groups in total. The van der Waals surface area contributed by atoms with Crippen molar-refractivity contribution in [3.8, 4) is 11.1 Å². The van der Waals surface area contributed by atoms with Gasteiger partial charge in [0.2, 0.25) is 0 Å². The van der Waals surface area contributed by atoms with Crippen molar-refractivity contribution in [2.24, 2.45) is 0 Å². The van der Waals surface area contributed by atoms with Gasteiger partial charge in [-0.1, -0.05) is 36.4 Å². The van der Waals surface area contributed by atoms with Gasteiger partial charge in [-0.15, -0.1) is 0 Å². The summed E-state index contributed by atoms with van der Waals surface area (Å²) in [5.74, 6) is 0. The van der Waals surface area contributed by atoms with Gasteiger partial charge >= 0.3 is 0 Å². The predicted molar refractivity (Wildman–Crippen MR) is 64.7 cm³/mol. The number of hydrogen-bond donors (Lipinski definition) is 2. The third kappa shape index (κ3) is 2.86. The van der Waals surface area contributed by atoms with Gasteiger partial charge in [0, 0.05) is 17.5 Å². The third-order valence-electron chi connectivity index (χ3n) is 2.24. The minimum Gasteiger partial charge on any atom is -0.350 e. The van der Waals surface area contributed by atoms with Crippen LogP contribution in [0.5, 0.6) is 0 Å². The summed E-state index contributed by atoms with van der Waals surface area (Å²) in [4.78, 5) is 21.9. The number of rotatable bonds is 3. The molecule has 0 spiro atoms. The molecule has 0 aliphatic heterocycles. The van der Waals surface area contributed by atoms with Gasteiger partial charge in [-0.2, -0.15) is 0 Å². The highest BCUT2D eigenvalue weighted by Gasteiger charge is 2.03. The highest BCUT2D eigenvalue weighted by atomic mass is 31.2. The molecule has 0 unspecified atom stereocenters. The topological polar surface area (TPSA) is 53.4 Å². The summed E-state index contributed by atoms with van der Waals surface area (Å²) in [6.45, 7) is 0. The normalized spacial score (nSPS) is 10.7. The van der Waals surface area contributed by atoms with Gasteiger partial charge < -0.3 is 9.79 Å². The number of pyridine rings is 1. The Hall–Kier alpha value is -1.28. The number of aromatic nitrogens is 1. The second-order valence-electron chi connectivity index (χ2n) is 3.43. The molecule has 0 bridgehead atoms. The summed E-state index contributed by atoms with van der Waals surface area (Å²) in [5, 5.41) is 0. The fraction of sp³-hybridized carbons (Fsp3) is 0.0833. The average Bonchev–Trinajstić information content (AvgIpc) is 2.30. The molecule has 0 amide bonds. The van der Waals surface area contributed by atoms with E-state index >= 15 is 0 Å². The van der Waals surface area contributed by atoms with Gasteiger partial charge in [0.1, 0.15) is 0 Å². The lowest BCUT2D eigenvalue weighted by molar-refractivity contribution is 0.481. The Morgan fingerprint density at radius 3 is 2.25 bits per heavy atom. The third-order valence-corrected chi connectivity index (χ3v) is 2.84. The molecule has 0 atom stereocenters. The largest absolute Gasteiger partial charge is 0.350 e. The van der Waals surface area contributed by atoms with Crippen molar-refractivity contribution in [2.75, 3.05) is 0 Å². The summed E-state index contributed by atoms with van der Waals surface area (Å²) < 4.78 is 0. The van der Waals surface area contributed by atoms with Gasteiger partial charge in [-0.05, 0) is 11.6 Å². The van der Waals surface area contributed by atoms with E-state index in [1.54, 1.807) is 6.20 Å². The van der Waals surface area contributed by atoms with Crippen LogP contribution in [0.4, 0.5) is 0 Å². The molecule has 16 heavy (non-hydrogen) atoms. The van der Waals surface area contributed by atoms with Crippen LogP contribution < -0.4 is 0 Å². The molecular formula is C12H12NO2P. The molecule has 1 aromatic heterocycles. The quantitative estimate of drug-likeness (QED) is 0.801. The summed E-state index contributed by atoms with van der Waals surface area (Å²) >= 11 is 0. The zero-order valence-electron chi connectivity index (χ0n) is 8.61. The Bertz CT molecular complexity index is 442. The molecule has 82 valence electrons. The Morgan fingerprint density at radius 1 is 0.938 bits per heavy atom. The van der Waals surface area contributed by atoms with E-state index < -0.39 is 8.38 Å². The lowest BCUT2D eigenvalue weighted by Gasteiger charge is -2.04. The van der Waals surface area contributed by atoms with Gasteiger partial charge in [-0.25, -0.2) is 0 Å². The first-order valence-electron chi connectivity index (χ1n) is 4.91. The van der Waals surface area contributed by atoms with E-state index in [0.717, 1.165) is 11.1 Å². The second-order valence-corrected chi connectivity index (χ2v) is 4.50. The van der Waals surface area contributed by atoms with E-state index in [-0.39, 0.29) is 6.16 Å². The van der Waals surface area contributed by atoms with E-state index in [0.29, 0.717) is 5.69 Å². The van der Waals surface area contributed by atoms with Gasteiger partial charge in [0.25, 0.3) is 0 Å². The molecule has 1 heterocycles. The van der Waals surface area contributed by atoms with Crippen molar-refractivity contribution >= 4 is 8.38 Å². The summed E-state index contributed by atoms with van der Waals surface area (Å²) in [7, 11) is -1.90. The monoisotopic (exact) mass is 233 g/mol. The van der Waals surface area contributed by atoms with Crippen molar-refractivity contribution < 1.29 is 9.79 Å². The van der Waals surface area contributed by atoms with Gasteiger partial charge in [0.05, 0.1) is 6.16 Å². The van der Waals surface area contributed by atoms with E-state index in [9.17, 15) is 0 Å². The van der Waals surface area contributed by atoms with Gasteiger partial charge in [0.15, 0.2) is 8.38 Å². The summed E-state index contributed by atoms with van der Waals surface area (Å²) in [6.07, 6.45) is 1.98. The van der Waals surface area contributed by atoms with Crippen molar-refractivity contribution in [2.45, 2.75) is 6.16 Å². The van der Waals surface area contributed by atoms with Crippen LogP contribution >= 0.6 is 8.38 Å². The van der Waals surface area contributed by atoms with E-state index in [2.05, 4.69) is 4.98 Å². The number of nitrogens with zero attached hydrogens (tertiary/aromatic N) is 1. The van der Waals surface area contributed by atoms with Crippen LogP contribution in [-0.4, -0.2) is 14.8 Å². The SMILES string of the molecule is OP(O)Cc1ccc(-c2ccccc2)cn1. The lowest BCUT2D eigenvalue weighted by atomic mass is 10.1. The first-order chi connectivity index (χ1) is 7.75. The summed E-state index contributed by atoms with van der Waals surface area (Å²) in [6, 6.07) is 13.7. The van der Waals surface area contributed by atoms with Crippen LogP contribution in [0.3, 0.4) is 0 Å². The molecule has 2 aromatic rings. The minimum atomic E-state index is -1.90. The standard InChI is InChI=1S/C12H12NO2P/c14-16(15)9-12-7-6-11(8-13-12)10-4-2-1-3-5-10/h1-8,14-15H,9H2. The molecule has 0 aliphatic rings. The number of benzene rings is 1. The van der Waals surface area contributed by atoms with Crippen LogP contribution in [0, 0.1) is 0 Å². The Labute approximate surface area is 95.3 Å². The first kappa shape index (κ1) is 11.2. The maximum absolute atomic E-state index is 8.87. The van der Waals surface area contributed by atoms with Crippen molar-refractivity contribution in [3.63, 3.8) is 0 Å². The molecule has 0 saturated carbocycles. The molecule has 0 radical (unpaired) electrons. The van der Waals surface area contributed by atoms with Crippen LogP contribution in [0.1, 0.15) is 5.69 Å². The highest BCUT2D eigenvalue weighted by molar-refractivity contribution is 7.44. The molecule has 0 fully saturated rings. The smallest absolute Gasteiger partial charge is 0.171 e. The van der Waals surface area contributed by atoms with Crippen molar-refractivity contribution in [1.29, 1.82) is 0 Å². The van der Waals surface area contributed by atoms with Crippen LogP contribution in [-0.2, 0) is 6.16 Å². The maximum Gasteiger partial charge on any atom is 0.171 e. The molecule has 0 aliphatic carbocycles. The summed E-state index contributed by atoms with van der Waals surface area (Å²) in [5.41, 5.74) is 2.84. The van der Waals surface area contributed by atoms with Gasteiger partial charge in [-0.3, -0.25) is 4.98 Å². The van der Waals surface area contributed by atoms with E-state index in [1.165, 1.54) is 0 Å². The van der Waals surface area contributed by atoms with E-state index in [1.807, 2.05) is 42.5 Å². The lowest BCUT2D eigenvalue weighted by Crippen LogP contribution is -1.88. The molecule has 1 aromatic carbocycles. The van der Waals surface area contributed by atoms with Crippen LogP contribution in [0.25, 0.3) is 11.1 Å².